The molecule has 152 valence electrons. The Hall–Kier alpha value is -2.25. The average molecular weight is 427 g/mol. The number of thioether (sulfide) groups is 2. The lowest BCUT2D eigenvalue weighted by Gasteiger charge is -2.08. The van der Waals surface area contributed by atoms with Gasteiger partial charge in [0.25, 0.3) is 0 Å². The van der Waals surface area contributed by atoms with Crippen LogP contribution in [0.2, 0.25) is 0 Å². The third kappa shape index (κ3) is 6.11. The summed E-state index contributed by atoms with van der Waals surface area (Å²) in [6, 6.07) is 16.4. The predicted octanol–water partition coefficient (Wildman–Crippen LogP) is 5.27. The SMILES string of the molecule is Cc1ccc(SCc2nnc(SCC(=O)Nc3ccc(C(C)C)cc3)n2C)cc1. The lowest BCUT2D eigenvalue weighted by molar-refractivity contribution is -0.113. The number of benzene rings is 2. The Bertz CT molecular complexity index is 950. The third-order valence-electron chi connectivity index (χ3n) is 4.51. The van der Waals surface area contributed by atoms with Crippen molar-refractivity contribution in [3.05, 3.63) is 65.5 Å². The molecule has 3 rings (SSSR count). The number of carbonyl (C=O) groups is 1. The number of aryl methyl sites for hydroxylation is 1. The van der Waals surface area contributed by atoms with Gasteiger partial charge >= 0.3 is 0 Å². The Balaban J connectivity index is 1.50. The fourth-order valence-corrected chi connectivity index (χ4v) is 4.26. The van der Waals surface area contributed by atoms with Crippen LogP contribution >= 0.6 is 23.5 Å². The first-order valence-electron chi connectivity index (χ1n) is 9.52. The second-order valence-electron chi connectivity index (χ2n) is 7.17. The molecule has 0 bridgehead atoms. The van der Waals surface area contributed by atoms with E-state index in [9.17, 15) is 4.79 Å². The van der Waals surface area contributed by atoms with Crippen molar-refractivity contribution in [2.75, 3.05) is 11.1 Å². The molecule has 1 heterocycles. The first kappa shape index (κ1) is 21.5. The predicted molar refractivity (Wildman–Crippen MR) is 122 cm³/mol. The van der Waals surface area contributed by atoms with E-state index in [0.29, 0.717) is 11.7 Å². The summed E-state index contributed by atoms with van der Waals surface area (Å²) in [6.07, 6.45) is 0. The molecule has 0 saturated carbocycles. The lowest BCUT2D eigenvalue weighted by Crippen LogP contribution is -2.14. The van der Waals surface area contributed by atoms with Crippen molar-refractivity contribution in [3.63, 3.8) is 0 Å². The number of rotatable bonds is 8. The highest BCUT2D eigenvalue weighted by Gasteiger charge is 2.12. The molecule has 1 amide bonds. The van der Waals surface area contributed by atoms with Gasteiger partial charge in [0.15, 0.2) is 5.16 Å². The van der Waals surface area contributed by atoms with Crippen LogP contribution in [0.1, 0.15) is 36.7 Å². The zero-order valence-electron chi connectivity index (χ0n) is 17.2. The number of anilines is 1. The van der Waals surface area contributed by atoms with E-state index in [2.05, 4.69) is 60.6 Å². The van der Waals surface area contributed by atoms with E-state index in [4.69, 9.17) is 0 Å². The molecular formula is C22H26N4OS2. The largest absolute Gasteiger partial charge is 0.325 e. The minimum absolute atomic E-state index is 0.0501. The molecular weight excluding hydrogens is 400 g/mol. The summed E-state index contributed by atoms with van der Waals surface area (Å²) in [5, 5.41) is 12.2. The van der Waals surface area contributed by atoms with Gasteiger partial charge in [-0.25, -0.2) is 0 Å². The van der Waals surface area contributed by atoms with Crippen molar-refractivity contribution < 1.29 is 4.79 Å². The van der Waals surface area contributed by atoms with Gasteiger partial charge in [0, 0.05) is 17.6 Å². The summed E-state index contributed by atoms with van der Waals surface area (Å²) in [4.78, 5) is 13.5. The van der Waals surface area contributed by atoms with Crippen molar-refractivity contribution >= 4 is 35.1 Å². The van der Waals surface area contributed by atoms with Crippen LogP contribution in [0.3, 0.4) is 0 Å². The minimum Gasteiger partial charge on any atom is -0.325 e. The van der Waals surface area contributed by atoms with E-state index in [1.807, 2.05) is 35.9 Å². The van der Waals surface area contributed by atoms with Gasteiger partial charge in [0.05, 0.1) is 11.5 Å². The van der Waals surface area contributed by atoms with Gasteiger partial charge < -0.3 is 9.88 Å². The summed E-state index contributed by atoms with van der Waals surface area (Å²) in [5.74, 6) is 2.35. The topological polar surface area (TPSA) is 59.8 Å². The van der Waals surface area contributed by atoms with Crippen molar-refractivity contribution in [1.29, 1.82) is 0 Å². The molecule has 0 aliphatic heterocycles. The number of aromatic nitrogens is 3. The van der Waals surface area contributed by atoms with Crippen molar-refractivity contribution in [2.24, 2.45) is 7.05 Å². The fourth-order valence-electron chi connectivity index (χ4n) is 2.66. The van der Waals surface area contributed by atoms with Gasteiger partial charge in [-0.15, -0.1) is 22.0 Å². The highest BCUT2D eigenvalue weighted by Crippen LogP contribution is 2.24. The van der Waals surface area contributed by atoms with Gasteiger partial charge in [0.1, 0.15) is 5.82 Å². The molecule has 0 atom stereocenters. The first-order chi connectivity index (χ1) is 13.9. The van der Waals surface area contributed by atoms with Crippen LogP contribution < -0.4 is 5.32 Å². The van der Waals surface area contributed by atoms with Gasteiger partial charge in [-0.2, -0.15) is 0 Å². The Labute approximate surface area is 180 Å². The second-order valence-corrected chi connectivity index (χ2v) is 9.16. The maximum Gasteiger partial charge on any atom is 0.234 e. The summed E-state index contributed by atoms with van der Waals surface area (Å²) in [7, 11) is 1.94. The van der Waals surface area contributed by atoms with Gasteiger partial charge in [-0.1, -0.05) is 55.4 Å². The molecule has 1 N–H and O–H groups in total. The standard InChI is InChI=1S/C22H26N4OS2/c1-15(2)17-7-9-18(10-8-17)23-21(27)14-29-22-25-24-20(26(22)4)13-28-19-11-5-16(3)6-12-19/h5-12,15H,13-14H2,1-4H3,(H,23,27). The zero-order valence-corrected chi connectivity index (χ0v) is 18.8. The normalized spacial score (nSPS) is 11.1. The van der Waals surface area contributed by atoms with E-state index in [0.717, 1.165) is 22.4 Å². The maximum atomic E-state index is 12.3. The number of hydrogen-bond donors (Lipinski definition) is 1. The highest BCUT2D eigenvalue weighted by atomic mass is 32.2. The maximum absolute atomic E-state index is 12.3. The molecule has 29 heavy (non-hydrogen) atoms. The van der Waals surface area contributed by atoms with Crippen LogP contribution in [0.15, 0.2) is 58.6 Å². The van der Waals surface area contributed by atoms with E-state index >= 15 is 0 Å². The van der Waals surface area contributed by atoms with Crippen molar-refractivity contribution in [1.82, 2.24) is 14.8 Å². The van der Waals surface area contributed by atoms with E-state index in [1.54, 1.807) is 11.8 Å². The first-order valence-corrected chi connectivity index (χ1v) is 11.5. The quantitative estimate of drug-likeness (QED) is 0.497. The van der Waals surface area contributed by atoms with Crippen molar-refractivity contribution in [2.45, 2.75) is 42.5 Å². The Kier molecular flexibility index (Phi) is 7.39. The molecule has 0 saturated heterocycles. The van der Waals surface area contributed by atoms with Gasteiger partial charge in [-0.3, -0.25) is 4.79 Å². The minimum atomic E-state index is -0.0501. The van der Waals surface area contributed by atoms with E-state index in [1.165, 1.54) is 27.8 Å². The summed E-state index contributed by atoms with van der Waals surface area (Å²) in [5.41, 5.74) is 3.32. The van der Waals surface area contributed by atoms with Crippen LogP contribution in [-0.4, -0.2) is 26.4 Å². The number of hydrogen-bond acceptors (Lipinski definition) is 5. The van der Waals surface area contributed by atoms with Crippen LogP contribution in [0.5, 0.6) is 0 Å². The Morgan fingerprint density at radius 1 is 1.03 bits per heavy atom. The number of amides is 1. The van der Waals surface area contributed by atoms with Gasteiger partial charge in [0.2, 0.25) is 5.91 Å². The average Bonchev–Trinajstić information content (AvgIpc) is 3.06. The third-order valence-corrected chi connectivity index (χ3v) is 6.54. The molecule has 5 nitrogen and oxygen atoms in total. The van der Waals surface area contributed by atoms with E-state index in [-0.39, 0.29) is 5.91 Å². The van der Waals surface area contributed by atoms with Crippen LogP contribution in [0.25, 0.3) is 0 Å². The summed E-state index contributed by atoms with van der Waals surface area (Å²) < 4.78 is 1.95. The molecule has 0 fully saturated rings. The highest BCUT2D eigenvalue weighted by molar-refractivity contribution is 7.99. The number of nitrogens with zero attached hydrogens (tertiary/aromatic N) is 3. The second kappa shape index (κ2) is 9.98. The lowest BCUT2D eigenvalue weighted by atomic mass is 10.0. The molecule has 3 aromatic rings. The molecule has 1 aromatic heterocycles. The molecule has 2 aromatic carbocycles. The van der Waals surface area contributed by atoms with Crippen LogP contribution in [0, 0.1) is 6.92 Å². The summed E-state index contributed by atoms with van der Waals surface area (Å²) >= 11 is 3.12. The fraction of sp³-hybridized carbons (Fsp3) is 0.318. The monoisotopic (exact) mass is 426 g/mol. The van der Waals surface area contributed by atoms with Crippen LogP contribution in [-0.2, 0) is 17.6 Å². The van der Waals surface area contributed by atoms with Crippen molar-refractivity contribution in [3.8, 4) is 0 Å². The molecule has 0 unspecified atom stereocenters. The molecule has 0 spiro atoms. The number of carbonyl (C=O) groups excluding carboxylic acids is 1. The Morgan fingerprint density at radius 2 is 1.72 bits per heavy atom. The molecule has 7 heteroatoms. The van der Waals surface area contributed by atoms with Gasteiger partial charge in [-0.05, 0) is 42.7 Å². The molecule has 0 aliphatic rings. The number of nitrogens with one attached hydrogen (secondary N) is 1. The zero-order chi connectivity index (χ0) is 20.8. The summed E-state index contributed by atoms with van der Waals surface area (Å²) in [6.45, 7) is 6.38. The Morgan fingerprint density at radius 3 is 2.38 bits per heavy atom. The molecule has 0 aliphatic carbocycles. The van der Waals surface area contributed by atoms with E-state index < -0.39 is 0 Å². The van der Waals surface area contributed by atoms with Crippen LogP contribution in [0.4, 0.5) is 5.69 Å². The smallest absolute Gasteiger partial charge is 0.234 e. The molecule has 0 radical (unpaired) electrons.